The largest absolute Gasteiger partial charge is 0.490 e. The second kappa shape index (κ2) is 12.3. The van der Waals surface area contributed by atoms with E-state index in [2.05, 4.69) is 20.9 Å². The molecule has 2 aromatic carbocycles. The average Bonchev–Trinajstić information content (AvgIpc) is 2.73. The van der Waals surface area contributed by atoms with E-state index in [0.717, 1.165) is 29.2 Å². The van der Waals surface area contributed by atoms with E-state index >= 15 is 0 Å². The second-order valence-corrected chi connectivity index (χ2v) is 6.16. The van der Waals surface area contributed by atoms with E-state index in [4.69, 9.17) is 9.47 Å². The fraction of sp³-hybridized carbons (Fsp3) is 0.364. The van der Waals surface area contributed by atoms with Gasteiger partial charge in [0.05, 0.1) is 19.8 Å². The van der Waals surface area contributed by atoms with Gasteiger partial charge < -0.3 is 25.4 Å². The summed E-state index contributed by atoms with van der Waals surface area (Å²) in [4.78, 5) is 16.2. The molecule has 0 saturated heterocycles. The lowest BCUT2D eigenvalue weighted by Gasteiger charge is -2.14. The first-order valence-electron chi connectivity index (χ1n) is 9.84. The maximum absolute atomic E-state index is 12.0. The van der Waals surface area contributed by atoms with Crippen molar-refractivity contribution in [2.24, 2.45) is 4.99 Å². The molecule has 2 aromatic rings. The number of anilines is 1. The van der Waals surface area contributed by atoms with Gasteiger partial charge in [-0.2, -0.15) is 0 Å². The summed E-state index contributed by atoms with van der Waals surface area (Å²) in [5, 5.41) is 9.06. The van der Waals surface area contributed by atoms with Crippen LogP contribution in [-0.4, -0.2) is 45.2 Å². The number of ether oxygens (including phenoxy) is 2. The predicted molar refractivity (Wildman–Crippen MR) is 117 cm³/mol. The van der Waals surface area contributed by atoms with E-state index in [9.17, 15) is 4.79 Å². The standard InChI is InChI=1S/C22H30N4O3/c1-4-28-19-12-11-17(15-20(19)29-5-2)13-14-24-22(23-3)25-16-21(27)26-18-9-7-6-8-10-18/h6-12,15H,4-5,13-14,16H2,1-3H3,(H,26,27)(H2,23,24,25). The van der Waals surface area contributed by atoms with Gasteiger partial charge >= 0.3 is 0 Å². The average molecular weight is 399 g/mol. The molecule has 3 N–H and O–H groups in total. The Balaban J connectivity index is 1.79. The van der Waals surface area contributed by atoms with E-state index in [1.807, 2.05) is 62.4 Å². The Morgan fingerprint density at radius 2 is 1.69 bits per heavy atom. The summed E-state index contributed by atoms with van der Waals surface area (Å²) in [5.74, 6) is 1.95. The van der Waals surface area contributed by atoms with Crippen molar-refractivity contribution in [1.29, 1.82) is 0 Å². The third-order valence-electron chi connectivity index (χ3n) is 4.01. The molecule has 0 atom stereocenters. The summed E-state index contributed by atoms with van der Waals surface area (Å²) in [6.07, 6.45) is 0.781. The highest BCUT2D eigenvalue weighted by Gasteiger charge is 2.07. The predicted octanol–water partition coefficient (Wildman–Crippen LogP) is 2.83. The number of carbonyl (C=O) groups excluding carboxylic acids is 1. The molecular formula is C22H30N4O3. The van der Waals surface area contributed by atoms with Crippen molar-refractivity contribution >= 4 is 17.6 Å². The van der Waals surface area contributed by atoms with E-state index in [1.165, 1.54) is 0 Å². The third kappa shape index (κ3) is 7.73. The highest BCUT2D eigenvalue weighted by Crippen LogP contribution is 2.28. The Kier molecular flexibility index (Phi) is 9.35. The molecule has 0 aliphatic heterocycles. The number of hydrogen-bond donors (Lipinski definition) is 3. The van der Waals surface area contributed by atoms with Crippen LogP contribution in [0.1, 0.15) is 19.4 Å². The van der Waals surface area contributed by atoms with Crippen molar-refractivity contribution in [2.45, 2.75) is 20.3 Å². The fourth-order valence-electron chi connectivity index (χ4n) is 2.69. The monoisotopic (exact) mass is 398 g/mol. The first-order chi connectivity index (χ1) is 14.2. The van der Waals surface area contributed by atoms with Gasteiger partial charge in [0.25, 0.3) is 0 Å². The summed E-state index contributed by atoms with van der Waals surface area (Å²) >= 11 is 0. The fourth-order valence-corrected chi connectivity index (χ4v) is 2.69. The zero-order valence-corrected chi connectivity index (χ0v) is 17.3. The first kappa shape index (κ1) is 22.1. The number of nitrogens with one attached hydrogen (secondary N) is 3. The lowest BCUT2D eigenvalue weighted by molar-refractivity contribution is -0.115. The van der Waals surface area contributed by atoms with Crippen molar-refractivity contribution < 1.29 is 14.3 Å². The highest BCUT2D eigenvalue weighted by atomic mass is 16.5. The number of aliphatic imine (C=N–C) groups is 1. The van der Waals surface area contributed by atoms with Gasteiger partial charge in [0.2, 0.25) is 5.91 Å². The van der Waals surface area contributed by atoms with Gasteiger partial charge in [0.1, 0.15) is 0 Å². The normalized spacial score (nSPS) is 10.9. The van der Waals surface area contributed by atoms with Crippen LogP contribution in [0.4, 0.5) is 5.69 Å². The van der Waals surface area contributed by atoms with Crippen molar-refractivity contribution in [3.63, 3.8) is 0 Å². The van der Waals surface area contributed by atoms with Crippen LogP contribution in [0.5, 0.6) is 11.5 Å². The molecule has 2 rings (SSSR count). The number of nitrogens with zero attached hydrogens (tertiary/aromatic N) is 1. The van der Waals surface area contributed by atoms with Crippen LogP contribution in [-0.2, 0) is 11.2 Å². The molecular weight excluding hydrogens is 368 g/mol. The molecule has 7 nitrogen and oxygen atoms in total. The molecule has 0 unspecified atom stereocenters. The van der Waals surface area contributed by atoms with Gasteiger partial charge in [-0.25, -0.2) is 0 Å². The number of benzene rings is 2. The minimum Gasteiger partial charge on any atom is -0.490 e. The number of guanidine groups is 1. The van der Waals surface area contributed by atoms with Gasteiger partial charge in [0.15, 0.2) is 17.5 Å². The summed E-state index contributed by atoms with van der Waals surface area (Å²) in [7, 11) is 1.68. The molecule has 0 saturated carbocycles. The van der Waals surface area contributed by atoms with Gasteiger partial charge in [-0.15, -0.1) is 0 Å². The van der Waals surface area contributed by atoms with Gasteiger partial charge in [-0.05, 0) is 50.1 Å². The Morgan fingerprint density at radius 3 is 2.38 bits per heavy atom. The Hall–Kier alpha value is -3.22. The number of carbonyl (C=O) groups is 1. The zero-order valence-electron chi connectivity index (χ0n) is 17.3. The molecule has 0 heterocycles. The van der Waals surface area contributed by atoms with Crippen LogP contribution < -0.4 is 25.4 Å². The third-order valence-corrected chi connectivity index (χ3v) is 4.01. The van der Waals surface area contributed by atoms with Crippen LogP contribution in [0.25, 0.3) is 0 Å². The van der Waals surface area contributed by atoms with Crippen LogP contribution in [0, 0.1) is 0 Å². The van der Waals surface area contributed by atoms with Crippen molar-refractivity contribution in [1.82, 2.24) is 10.6 Å². The minimum absolute atomic E-state index is 0.131. The number of hydrogen-bond acceptors (Lipinski definition) is 4. The van der Waals surface area contributed by atoms with E-state index in [-0.39, 0.29) is 12.5 Å². The second-order valence-electron chi connectivity index (χ2n) is 6.16. The highest BCUT2D eigenvalue weighted by molar-refractivity contribution is 5.94. The number of para-hydroxylation sites is 1. The van der Waals surface area contributed by atoms with Crippen LogP contribution in [0.3, 0.4) is 0 Å². The summed E-state index contributed by atoms with van der Waals surface area (Å²) < 4.78 is 11.3. The van der Waals surface area contributed by atoms with Gasteiger partial charge in [0, 0.05) is 19.3 Å². The molecule has 156 valence electrons. The van der Waals surface area contributed by atoms with Crippen LogP contribution in [0.2, 0.25) is 0 Å². The first-order valence-corrected chi connectivity index (χ1v) is 9.84. The SMILES string of the molecule is CCOc1ccc(CCNC(=NC)NCC(=O)Nc2ccccc2)cc1OCC. The zero-order chi connectivity index (χ0) is 20.9. The quantitative estimate of drug-likeness (QED) is 0.423. The molecule has 7 heteroatoms. The van der Waals surface area contributed by atoms with E-state index in [0.29, 0.717) is 25.7 Å². The smallest absolute Gasteiger partial charge is 0.243 e. The topological polar surface area (TPSA) is 84.0 Å². The number of amides is 1. The van der Waals surface area contributed by atoms with Crippen LogP contribution in [0.15, 0.2) is 53.5 Å². The summed E-state index contributed by atoms with van der Waals surface area (Å²) in [6, 6.07) is 15.3. The Morgan fingerprint density at radius 1 is 0.966 bits per heavy atom. The molecule has 0 aliphatic carbocycles. The Bertz CT molecular complexity index is 794. The molecule has 0 bridgehead atoms. The summed E-state index contributed by atoms with van der Waals surface area (Å²) in [6.45, 7) is 5.88. The molecule has 0 spiro atoms. The van der Waals surface area contributed by atoms with Crippen LogP contribution >= 0.6 is 0 Å². The maximum Gasteiger partial charge on any atom is 0.243 e. The van der Waals surface area contributed by atoms with E-state index in [1.54, 1.807) is 7.05 Å². The molecule has 0 aromatic heterocycles. The summed E-state index contributed by atoms with van der Waals surface area (Å²) in [5.41, 5.74) is 1.89. The van der Waals surface area contributed by atoms with Crippen molar-refractivity contribution in [2.75, 3.05) is 38.7 Å². The number of rotatable bonds is 10. The lowest BCUT2D eigenvalue weighted by atomic mass is 10.1. The Labute approximate surface area is 172 Å². The molecule has 0 fully saturated rings. The minimum atomic E-state index is -0.132. The molecule has 29 heavy (non-hydrogen) atoms. The van der Waals surface area contributed by atoms with Gasteiger partial charge in [-0.3, -0.25) is 9.79 Å². The van der Waals surface area contributed by atoms with Crippen molar-refractivity contribution in [3.8, 4) is 11.5 Å². The lowest BCUT2D eigenvalue weighted by Crippen LogP contribution is -2.42. The van der Waals surface area contributed by atoms with E-state index < -0.39 is 0 Å². The molecule has 0 radical (unpaired) electrons. The van der Waals surface area contributed by atoms with Gasteiger partial charge in [-0.1, -0.05) is 24.3 Å². The van der Waals surface area contributed by atoms with Crippen molar-refractivity contribution in [3.05, 3.63) is 54.1 Å². The molecule has 1 amide bonds. The molecule has 0 aliphatic rings. The maximum atomic E-state index is 12.0.